The average molecular weight is 346 g/mol. The normalized spacial score (nSPS) is 11.3. The second-order valence-electron chi connectivity index (χ2n) is 5.48. The van der Waals surface area contributed by atoms with Crippen LogP contribution in [-0.4, -0.2) is 32.8 Å². The number of aryl methyl sites for hydroxylation is 1. The van der Waals surface area contributed by atoms with Crippen LogP contribution in [0.3, 0.4) is 0 Å². The molecule has 0 aliphatic carbocycles. The molecular weight excluding hydrogens is 324 g/mol. The Morgan fingerprint density at radius 1 is 1.08 bits per heavy atom. The van der Waals surface area contributed by atoms with E-state index < -0.39 is 10.0 Å². The summed E-state index contributed by atoms with van der Waals surface area (Å²) in [4.78, 5) is 14.6. The zero-order valence-corrected chi connectivity index (χ0v) is 14.9. The minimum absolute atomic E-state index is 0.117. The minimum atomic E-state index is -3.50. The zero-order valence-electron chi connectivity index (χ0n) is 14.1. The molecule has 1 amide bonds. The van der Waals surface area contributed by atoms with Gasteiger partial charge in [0.2, 0.25) is 10.0 Å². The molecule has 0 atom stereocenters. The van der Waals surface area contributed by atoms with Crippen LogP contribution in [0.2, 0.25) is 0 Å². The lowest BCUT2D eigenvalue weighted by Crippen LogP contribution is -2.30. The number of carbonyl (C=O) groups is 1. The van der Waals surface area contributed by atoms with E-state index in [-0.39, 0.29) is 10.8 Å². The summed E-state index contributed by atoms with van der Waals surface area (Å²) in [5.74, 6) is -0.117. The van der Waals surface area contributed by atoms with Crippen molar-refractivity contribution in [3.8, 4) is 0 Å². The molecule has 0 aliphatic rings. The van der Waals surface area contributed by atoms with Crippen molar-refractivity contribution < 1.29 is 13.2 Å². The summed E-state index contributed by atoms with van der Waals surface area (Å²) in [5, 5.41) is 0. The molecule has 0 aliphatic heterocycles. The topological polar surface area (TPSA) is 66.5 Å². The lowest BCUT2D eigenvalue weighted by Gasteiger charge is -2.22. The molecule has 0 spiro atoms. The van der Waals surface area contributed by atoms with E-state index in [1.54, 1.807) is 17.0 Å². The van der Waals surface area contributed by atoms with Crippen LogP contribution in [-0.2, 0) is 16.6 Å². The Balaban J connectivity index is 2.21. The second kappa shape index (κ2) is 7.59. The van der Waals surface area contributed by atoms with Crippen LogP contribution < -0.4 is 4.72 Å². The van der Waals surface area contributed by atoms with Crippen LogP contribution in [0.25, 0.3) is 0 Å². The van der Waals surface area contributed by atoms with Crippen molar-refractivity contribution >= 4 is 15.9 Å². The van der Waals surface area contributed by atoms with Crippen molar-refractivity contribution in [3.63, 3.8) is 0 Å². The van der Waals surface area contributed by atoms with Gasteiger partial charge in [0.15, 0.2) is 0 Å². The van der Waals surface area contributed by atoms with Crippen molar-refractivity contribution in [2.24, 2.45) is 0 Å². The summed E-state index contributed by atoms with van der Waals surface area (Å²) < 4.78 is 25.7. The fraction of sp³-hybridized carbons (Fsp3) is 0.278. The van der Waals surface area contributed by atoms with Crippen molar-refractivity contribution in [1.29, 1.82) is 0 Å². The van der Waals surface area contributed by atoms with Gasteiger partial charge in [-0.1, -0.05) is 24.3 Å². The number of sulfonamides is 1. The molecule has 2 aromatic rings. The van der Waals surface area contributed by atoms with E-state index >= 15 is 0 Å². The van der Waals surface area contributed by atoms with E-state index in [1.165, 1.54) is 19.2 Å². The third-order valence-electron chi connectivity index (χ3n) is 3.97. The summed E-state index contributed by atoms with van der Waals surface area (Å²) >= 11 is 0. The first-order valence-electron chi connectivity index (χ1n) is 7.76. The Morgan fingerprint density at radius 3 is 2.25 bits per heavy atom. The smallest absolute Gasteiger partial charge is 0.254 e. The van der Waals surface area contributed by atoms with Crippen molar-refractivity contribution in [3.05, 3.63) is 65.2 Å². The van der Waals surface area contributed by atoms with Gasteiger partial charge in [-0.15, -0.1) is 0 Å². The van der Waals surface area contributed by atoms with Gasteiger partial charge in [-0.2, -0.15) is 0 Å². The molecule has 0 bridgehead atoms. The zero-order chi connectivity index (χ0) is 17.7. The van der Waals surface area contributed by atoms with E-state index in [9.17, 15) is 13.2 Å². The summed E-state index contributed by atoms with van der Waals surface area (Å²) in [7, 11) is -2.14. The third kappa shape index (κ3) is 4.01. The number of amides is 1. The Morgan fingerprint density at radius 2 is 1.71 bits per heavy atom. The molecule has 0 aromatic heterocycles. The first-order chi connectivity index (χ1) is 11.4. The fourth-order valence-corrected chi connectivity index (χ4v) is 3.13. The van der Waals surface area contributed by atoms with E-state index in [2.05, 4.69) is 4.72 Å². The van der Waals surface area contributed by atoms with Gasteiger partial charge < -0.3 is 4.90 Å². The summed E-state index contributed by atoms with van der Waals surface area (Å²) in [6.07, 6.45) is 0. The molecule has 2 aromatic carbocycles. The Hall–Kier alpha value is -2.18. The van der Waals surface area contributed by atoms with Crippen LogP contribution in [0.15, 0.2) is 53.4 Å². The van der Waals surface area contributed by atoms with Crippen LogP contribution in [0.5, 0.6) is 0 Å². The predicted octanol–water partition coefficient (Wildman–Crippen LogP) is 2.57. The van der Waals surface area contributed by atoms with Crippen molar-refractivity contribution in [2.75, 3.05) is 13.6 Å². The van der Waals surface area contributed by atoms with Crippen molar-refractivity contribution in [2.45, 2.75) is 25.3 Å². The molecule has 0 heterocycles. The molecule has 0 fully saturated rings. The number of hydrogen-bond acceptors (Lipinski definition) is 3. The van der Waals surface area contributed by atoms with Gasteiger partial charge in [-0.3, -0.25) is 4.79 Å². The number of benzene rings is 2. The van der Waals surface area contributed by atoms with Crippen LogP contribution in [0.4, 0.5) is 0 Å². The monoisotopic (exact) mass is 346 g/mol. The highest BCUT2D eigenvalue weighted by molar-refractivity contribution is 7.89. The molecule has 2 rings (SSSR count). The maximum Gasteiger partial charge on any atom is 0.254 e. The van der Waals surface area contributed by atoms with E-state index in [4.69, 9.17) is 0 Å². The standard InChI is InChI=1S/C18H22N2O3S/c1-4-20(13-16-8-6-5-7-14(16)2)18(21)15-9-11-17(12-10-15)24(22,23)19-3/h5-12,19H,4,13H2,1-3H3. The first-order valence-corrected chi connectivity index (χ1v) is 9.24. The highest BCUT2D eigenvalue weighted by Crippen LogP contribution is 2.15. The fourth-order valence-electron chi connectivity index (χ4n) is 2.40. The Labute approximate surface area is 143 Å². The summed E-state index contributed by atoms with van der Waals surface area (Å²) in [5.41, 5.74) is 2.71. The van der Waals surface area contributed by atoms with Crippen LogP contribution >= 0.6 is 0 Å². The Kier molecular flexibility index (Phi) is 5.75. The first kappa shape index (κ1) is 18.2. The molecule has 128 valence electrons. The minimum Gasteiger partial charge on any atom is -0.335 e. The molecule has 0 radical (unpaired) electrons. The summed E-state index contributed by atoms with van der Waals surface area (Å²) in [6.45, 7) is 5.05. The molecule has 0 unspecified atom stereocenters. The summed E-state index contributed by atoms with van der Waals surface area (Å²) in [6, 6.07) is 13.9. The van der Waals surface area contributed by atoms with Gasteiger partial charge in [0.25, 0.3) is 5.91 Å². The number of carbonyl (C=O) groups excluding carboxylic acids is 1. The third-order valence-corrected chi connectivity index (χ3v) is 5.40. The van der Waals surface area contributed by atoms with Gasteiger partial charge in [0, 0.05) is 18.7 Å². The SMILES string of the molecule is CCN(Cc1ccccc1C)C(=O)c1ccc(S(=O)(=O)NC)cc1. The number of hydrogen-bond donors (Lipinski definition) is 1. The van der Waals surface area contributed by atoms with Gasteiger partial charge in [-0.05, 0) is 56.3 Å². The number of nitrogens with one attached hydrogen (secondary N) is 1. The van der Waals surface area contributed by atoms with Crippen molar-refractivity contribution in [1.82, 2.24) is 9.62 Å². The van der Waals surface area contributed by atoms with Crippen LogP contribution in [0.1, 0.15) is 28.4 Å². The van der Waals surface area contributed by atoms with Gasteiger partial charge in [-0.25, -0.2) is 13.1 Å². The Bertz CT molecular complexity index is 814. The number of rotatable bonds is 6. The predicted molar refractivity (Wildman–Crippen MR) is 94.3 cm³/mol. The molecule has 0 saturated heterocycles. The molecule has 0 saturated carbocycles. The maximum atomic E-state index is 12.7. The van der Waals surface area contributed by atoms with E-state index in [0.717, 1.165) is 11.1 Å². The van der Waals surface area contributed by atoms with Crippen LogP contribution in [0, 0.1) is 6.92 Å². The molecular formula is C18H22N2O3S. The molecule has 24 heavy (non-hydrogen) atoms. The lowest BCUT2D eigenvalue weighted by atomic mass is 10.1. The van der Waals surface area contributed by atoms with E-state index in [0.29, 0.717) is 18.7 Å². The lowest BCUT2D eigenvalue weighted by molar-refractivity contribution is 0.0752. The second-order valence-corrected chi connectivity index (χ2v) is 7.36. The molecule has 6 heteroatoms. The van der Waals surface area contributed by atoms with Gasteiger partial charge >= 0.3 is 0 Å². The largest absolute Gasteiger partial charge is 0.335 e. The van der Waals surface area contributed by atoms with Gasteiger partial charge in [0.05, 0.1) is 4.90 Å². The van der Waals surface area contributed by atoms with E-state index in [1.807, 2.05) is 38.1 Å². The average Bonchev–Trinajstić information content (AvgIpc) is 2.60. The molecule has 5 nitrogen and oxygen atoms in total. The quantitative estimate of drug-likeness (QED) is 0.874. The maximum absolute atomic E-state index is 12.7. The highest BCUT2D eigenvalue weighted by atomic mass is 32.2. The highest BCUT2D eigenvalue weighted by Gasteiger charge is 2.17. The van der Waals surface area contributed by atoms with Gasteiger partial charge in [0.1, 0.15) is 0 Å². The number of nitrogens with zero attached hydrogens (tertiary/aromatic N) is 1. The molecule has 1 N–H and O–H groups in total.